The molecule has 0 saturated carbocycles. The Labute approximate surface area is 53.9 Å². The second-order valence-electron chi connectivity index (χ2n) is 1.82. The Morgan fingerprint density at radius 2 is 2.11 bits per heavy atom. The van der Waals surface area contributed by atoms with E-state index in [4.69, 9.17) is 0 Å². The molecule has 0 aliphatic heterocycles. The number of hydrogen-bond acceptors (Lipinski definition) is 0. The van der Waals surface area contributed by atoms with Crippen molar-refractivity contribution in [3.8, 4) is 0 Å². The van der Waals surface area contributed by atoms with E-state index in [1.807, 2.05) is 0 Å². The molecule has 0 radical (unpaired) electrons. The van der Waals surface area contributed by atoms with Crippen molar-refractivity contribution in [1.29, 1.82) is 0 Å². The Kier molecular flexibility index (Phi) is 3.93. The first-order valence-electron chi connectivity index (χ1n) is 2.77. The fourth-order valence-corrected chi connectivity index (χ4v) is 0.341. The molecular weight excluding hydrogens is 122 g/mol. The third kappa shape index (κ3) is 7.34. The van der Waals surface area contributed by atoms with E-state index in [0.29, 0.717) is 0 Å². The molecule has 52 valence electrons. The van der Waals surface area contributed by atoms with Gasteiger partial charge < -0.3 is 0 Å². The van der Waals surface area contributed by atoms with Crippen LogP contribution < -0.4 is 0 Å². The van der Waals surface area contributed by atoms with Gasteiger partial charge in [-0.3, -0.25) is 0 Å². The van der Waals surface area contributed by atoms with Crippen LogP contribution in [-0.4, -0.2) is 6.17 Å². The summed E-state index contributed by atoms with van der Waals surface area (Å²) in [6.07, 6.45) is 2.86. The molecule has 0 spiro atoms. The first-order chi connectivity index (χ1) is 4.13. The average Bonchev–Trinajstić information content (AvgIpc) is 1.63. The zero-order chi connectivity index (χ0) is 7.28. The number of halogens is 2. The van der Waals surface area contributed by atoms with E-state index in [1.54, 1.807) is 0 Å². The van der Waals surface area contributed by atoms with Gasteiger partial charge in [0.05, 0.1) is 5.83 Å². The third-order valence-electron chi connectivity index (χ3n) is 0.702. The predicted molar refractivity (Wildman–Crippen MR) is 34.6 cm³/mol. The van der Waals surface area contributed by atoms with Crippen LogP contribution in [0.1, 0.15) is 13.8 Å². The predicted octanol–water partition coefficient (Wildman–Crippen LogP) is 2.77. The van der Waals surface area contributed by atoms with Crippen LogP contribution in [0.25, 0.3) is 0 Å². The highest BCUT2D eigenvalue weighted by molar-refractivity contribution is 5.06. The molecule has 0 bridgehead atoms. The van der Waals surface area contributed by atoms with Crippen molar-refractivity contribution in [2.75, 3.05) is 0 Å². The molecule has 0 aromatic carbocycles. The van der Waals surface area contributed by atoms with Crippen LogP contribution in [0, 0.1) is 0 Å². The van der Waals surface area contributed by atoms with Gasteiger partial charge in [0.25, 0.3) is 0 Å². The normalized spacial score (nSPS) is 16.7. The molecule has 0 aromatic rings. The van der Waals surface area contributed by atoms with Gasteiger partial charge >= 0.3 is 0 Å². The van der Waals surface area contributed by atoms with Crippen molar-refractivity contribution in [3.05, 3.63) is 24.1 Å². The minimum atomic E-state index is -0.999. The van der Waals surface area contributed by atoms with E-state index < -0.39 is 6.17 Å². The summed E-state index contributed by atoms with van der Waals surface area (Å²) in [5.74, 6) is -0.313. The molecule has 0 saturated heterocycles. The van der Waals surface area contributed by atoms with Crippen LogP contribution in [0.4, 0.5) is 8.78 Å². The largest absolute Gasteiger partial charge is 0.243 e. The summed E-state index contributed by atoms with van der Waals surface area (Å²) in [7, 11) is 0. The molecule has 0 fully saturated rings. The summed E-state index contributed by atoms with van der Waals surface area (Å²) < 4.78 is 23.8. The van der Waals surface area contributed by atoms with Gasteiger partial charge in [0.1, 0.15) is 6.17 Å². The lowest BCUT2D eigenvalue weighted by molar-refractivity contribution is 0.430. The Morgan fingerprint density at radius 3 is 2.44 bits per heavy atom. The maximum Gasteiger partial charge on any atom is 0.116 e. The summed E-state index contributed by atoms with van der Waals surface area (Å²) in [5, 5.41) is 0. The second-order valence-corrected chi connectivity index (χ2v) is 1.82. The van der Waals surface area contributed by atoms with Gasteiger partial charge in [-0.2, -0.15) is 0 Å². The highest BCUT2D eigenvalue weighted by Gasteiger charge is 1.84. The quantitative estimate of drug-likeness (QED) is 0.507. The topological polar surface area (TPSA) is 0 Å². The molecule has 0 rings (SSSR count). The van der Waals surface area contributed by atoms with Crippen LogP contribution >= 0.6 is 0 Å². The Morgan fingerprint density at radius 1 is 1.56 bits per heavy atom. The van der Waals surface area contributed by atoms with Gasteiger partial charge in [0.15, 0.2) is 0 Å². The second kappa shape index (κ2) is 4.24. The van der Waals surface area contributed by atoms with Gasteiger partial charge in [0, 0.05) is 0 Å². The third-order valence-corrected chi connectivity index (χ3v) is 0.702. The molecule has 0 N–H and O–H groups in total. The summed E-state index contributed by atoms with van der Waals surface area (Å²) >= 11 is 0. The molecule has 0 amide bonds. The van der Waals surface area contributed by atoms with Gasteiger partial charge in [-0.15, -0.1) is 0 Å². The van der Waals surface area contributed by atoms with Gasteiger partial charge in [-0.05, 0) is 19.9 Å². The summed E-state index contributed by atoms with van der Waals surface area (Å²) in [6, 6.07) is 0. The van der Waals surface area contributed by atoms with Crippen LogP contribution in [0.2, 0.25) is 0 Å². The monoisotopic (exact) mass is 132 g/mol. The van der Waals surface area contributed by atoms with E-state index in [0.717, 1.165) is 0 Å². The van der Waals surface area contributed by atoms with E-state index in [9.17, 15) is 8.78 Å². The zero-order valence-corrected chi connectivity index (χ0v) is 5.57. The average molecular weight is 132 g/mol. The van der Waals surface area contributed by atoms with Crippen molar-refractivity contribution >= 4 is 0 Å². The fraction of sp³-hybridized carbons (Fsp3) is 0.429. The first-order valence-corrected chi connectivity index (χ1v) is 2.77. The van der Waals surface area contributed by atoms with Crippen LogP contribution in [-0.2, 0) is 0 Å². The summed E-state index contributed by atoms with van der Waals surface area (Å²) in [5.41, 5.74) is 0. The summed E-state index contributed by atoms with van der Waals surface area (Å²) in [6.45, 7) is 2.70. The van der Waals surface area contributed by atoms with E-state index >= 15 is 0 Å². The van der Waals surface area contributed by atoms with Crippen molar-refractivity contribution in [2.45, 2.75) is 20.0 Å². The minimum Gasteiger partial charge on any atom is -0.243 e. The number of alkyl halides is 1. The van der Waals surface area contributed by atoms with Crippen LogP contribution in [0.5, 0.6) is 0 Å². The molecule has 9 heavy (non-hydrogen) atoms. The molecular formula is C7H10F2. The molecule has 1 atom stereocenters. The molecule has 0 aliphatic rings. The summed E-state index contributed by atoms with van der Waals surface area (Å²) in [4.78, 5) is 0. The highest BCUT2D eigenvalue weighted by atomic mass is 19.1. The van der Waals surface area contributed by atoms with E-state index in [-0.39, 0.29) is 5.83 Å². The molecule has 2 heteroatoms. The van der Waals surface area contributed by atoms with Crippen molar-refractivity contribution in [3.63, 3.8) is 0 Å². The SMILES string of the molecule is C/C(F)=C\C=C/C(C)F. The number of rotatable bonds is 2. The van der Waals surface area contributed by atoms with Crippen molar-refractivity contribution < 1.29 is 8.78 Å². The number of allylic oxidation sites excluding steroid dienone is 4. The molecule has 0 heterocycles. The molecule has 1 unspecified atom stereocenters. The Balaban J connectivity index is 3.60. The lowest BCUT2D eigenvalue weighted by Gasteiger charge is -1.85. The minimum absolute atomic E-state index is 0.313. The smallest absolute Gasteiger partial charge is 0.116 e. The van der Waals surface area contributed by atoms with Crippen molar-refractivity contribution in [2.24, 2.45) is 0 Å². The van der Waals surface area contributed by atoms with Gasteiger partial charge in [-0.1, -0.05) is 12.2 Å². The van der Waals surface area contributed by atoms with Crippen LogP contribution in [0.15, 0.2) is 24.1 Å². The lowest BCUT2D eigenvalue weighted by atomic mass is 10.3. The van der Waals surface area contributed by atoms with E-state index in [2.05, 4.69) is 0 Å². The molecule has 0 aromatic heterocycles. The maximum atomic E-state index is 11.9. The molecule has 0 nitrogen and oxygen atoms in total. The molecule has 0 aliphatic carbocycles. The Hall–Kier alpha value is -0.660. The first kappa shape index (κ1) is 8.34. The van der Waals surface area contributed by atoms with Gasteiger partial charge in [-0.25, -0.2) is 8.78 Å². The highest BCUT2D eigenvalue weighted by Crippen LogP contribution is 1.95. The standard InChI is InChI=1S/C7H10F2/c1-6(8)4-3-5-7(2)9/h3-6H,1-2H3/b4-3-,7-5+. The fourth-order valence-electron chi connectivity index (χ4n) is 0.341. The zero-order valence-electron chi connectivity index (χ0n) is 5.57. The maximum absolute atomic E-state index is 11.9. The van der Waals surface area contributed by atoms with Gasteiger partial charge in [0.2, 0.25) is 0 Å². The van der Waals surface area contributed by atoms with Crippen LogP contribution in [0.3, 0.4) is 0 Å². The lowest BCUT2D eigenvalue weighted by Crippen LogP contribution is -1.80. The van der Waals surface area contributed by atoms with E-state index in [1.165, 1.54) is 32.1 Å². The van der Waals surface area contributed by atoms with Crippen molar-refractivity contribution in [1.82, 2.24) is 0 Å². The number of hydrogen-bond donors (Lipinski definition) is 0. The Bertz CT molecular complexity index is 119.